The number of carbonyl (C=O) groups is 1. The average Bonchev–Trinajstić information content (AvgIpc) is 3.32. The van der Waals surface area contributed by atoms with Crippen molar-refractivity contribution in [3.63, 3.8) is 0 Å². The van der Waals surface area contributed by atoms with Crippen LogP contribution in [-0.2, 0) is 18.4 Å². The van der Waals surface area contributed by atoms with Gasteiger partial charge in [0.25, 0.3) is 0 Å². The van der Waals surface area contributed by atoms with Crippen LogP contribution in [0.4, 0.5) is 0 Å². The Bertz CT molecular complexity index is 1190. The summed E-state index contributed by atoms with van der Waals surface area (Å²) in [6, 6.07) is -0.765. The number of unbranched alkanes of at least 4 members (excludes halogenated alkanes) is 40. The molecule has 0 bridgehead atoms. The molecule has 70 heavy (non-hydrogen) atoms. The van der Waals surface area contributed by atoms with Crippen molar-refractivity contribution < 1.29 is 32.9 Å². The average molecular weight is 1010 g/mol. The van der Waals surface area contributed by atoms with E-state index in [2.05, 4.69) is 43.5 Å². The van der Waals surface area contributed by atoms with Crippen LogP contribution >= 0.6 is 7.82 Å². The zero-order valence-electron chi connectivity index (χ0n) is 47.5. The summed E-state index contributed by atoms with van der Waals surface area (Å²) in [5.74, 6) is -0.148. The van der Waals surface area contributed by atoms with Crippen LogP contribution in [0.3, 0.4) is 0 Å². The van der Waals surface area contributed by atoms with E-state index < -0.39 is 20.0 Å². The Morgan fingerprint density at radius 3 is 1.19 bits per heavy atom. The molecule has 0 saturated heterocycles. The summed E-state index contributed by atoms with van der Waals surface area (Å²) in [6.07, 6.45) is 66.8. The number of phosphoric ester groups is 1. The number of allylic oxidation sites excluding steroid dienone is 4. The highest BCUT2D eigenvalue weighted by Crippen LogP contribution is 2.43. The minimum Gasteiger partial charge on any atom is -0.391 e. The molecule has 0 aromatic carbocycles. The number of carbonyl (C=O) groups excluding carboxylic acids is 1. The van der Waals surface area contributed by atoms with Gasteiger partial charge in [-0.05, 0) is 44.9 Å². The smallest absolute Gasteiger partial charge is 0.391 e. The molecule has 0 aliphatic carbocycles. The van der Waals surface area contributed by atoms with Gasteiger partial charge in [-0.3, -0.25) is 13.8 Å². The predicted octanol–water partition coefficient (Wildman–Crippen LogP) is 18.8. The molecule has 0 aliphatic heterocycles. The van der Waals surface area contributed by atoms with Gasteiger partial charge in [0.15, 0.2) is 0 Å². The number of likely N-dealkylation sites (N-methyl/N-ethyl adjacent to an activating group) is 1. The van der Waals surface area contributed by atoms with Gasteiger partial charge < -0.3 is 19.8 Å². The molecule has 3 unspecified atom stereocenters. The topological polar surface area (TPSA) is 105 Å². The second-order valence-electron chi connectivity index (χ2n) is 22.4. The summed E-state index contributed by atoms with van der Waals surface area (Å²) in [4.78, 5) is 23.3. The van der Waals surface area contributed by atoms with Gasteiger partial charge in [0, 0.05) is 6.42 Å². The van der Waals surface area contributed by atoms with Crippen LogP contribution in [-0.4, -0.2) is 73.4 Å². The summed E-state index contributed by atoms with van der Waals surface area (Å²) in [5.41, 5.74) is 0. The minimum absolute atomic E-state index is 0.0742. The van der Waals surface area contributed by atoms with Gasteiger partial charge in [-0.1, -0.05) is 282 Å². The van der Waals surface area contributed by atoms with Crippen molar-refractivity contribution in [2.45, 2.75) is 321 Å². The number of amides is 1. The number of quaternary nitrogens is 1. The second kappa shape index (κ2) is 52.8. The van der Waals surface area contributed by atoms with E-state index in [4.69, 9.17) is 9.05 Å². The van der Waals surface area contributed by atoms with E-state index in [-0.39, 0.29) is 19.1 Å². The van der Waals surface area contributed by atoms with E-state index in [0.717, 1.165) is 51.4 Å². The first-order chi connectivity index (χ1) is 34.0. The van der Waals surface area contributed by atoms with Gasteiger partial charge in [0.2, 0.25) is 5.91 Å². The third-order valence-corrected chi connectivity index (χ3v) is 15.2. The van der Waals surface area contributed by atoms with Crippen LogP contribution in [0.25, 0.3) is 0 Å². The van der Waals surface area contributed by atoms with E-state index >= 15 is 0 Å². The molecule has 0 fully saturated rings. The van der Waals surface area contributed by atoms with Gasteiger partial charge in [-0.15, -0.1) is 0 Å². The van der Waals surface area contributed by atoms with Crippen molar-refractivity contribution in [2.24, 2.45) is 0 Å². The van der Waals surface area contributed by atoms with Crippen LogP contribution in [0.5, 0.6) is 0 Å². The molecule has 9 heteroatoms. The van der Waals surface area contributed by atoms with Crippen LogP contribution in [0.1, 0.15) is 309 Å². The van der Waals surface area contributed by atoms with Gasteiger partial charge in [-0.25, -0.2) is 4.57 Å². The van der Waals surface area contributed by atoms with Gasteiger partial charge in [0.1, 0.15) is 13.2 Å². The van der Waals surface area contributed by atoms with Crippen molar-refractivity contribution in [2.75, 3.05) is 40.9 Å². The first-order valence-electron chi connectivity index (χ1n) is 30.7. The standard InChI is InChI=1S/C61H121N2O6P/c1-6-8-10-12-14-16-18-20-22-24-26-27-28-29-30-31-32-33-34-35-36-37-38-40-42-44-46-48-50-52-54-60(64)59(58-69-70(66,67)68-57-56-63(3,4)5)62-61(65)55-53-51-49-47-45-43-41-39-25-23-21-19-17-15-13-11-9-7-2/h17,19,23,25,59-60,64H,6-16,18,20-22,24,26-58H2,1-5H3,(H-,62,65,66,67)/p+1/b19-17-,25-23-. The van der Waals surface area contributed by atoms with Crippen molar-refractivity contribution in [3.05, 3.63) is 24.3 Å². The normalized spacial score (nSPS) is 14.0. The lowest BCUT2D eigenvalue weighted by atomic mass is 10.0. The predicted molar refractivity (Wildman–Crippen MR) is 305 cm³/mol. The highest BCUT2D eigenvalue weighted by Gasteiger charge is 2.28. The zero-order chi connectivity index (χ0) is 51.3. The van der Waals surface area contributed by atoms with Crippen LogP contribution in [0.2, 0.25) is 0 Å². The molecule has 3 atom stereocenters. The number of nitrogens with zero attached hydrogens (tertiary/aromatic N) is 1. The number of rotatable bonds is 57. The number of hydrogen-bond donors (Lipinski definition) is 3. The van der Waals surface area contributed by atoms with Crippen LogP contribution < -0.4 is 5.32 Å². The molecule has 0 rings (SSSR count). The summed E-state index contributed by atoms with van der Waals surface area (Å²) in [6.45, 7) is 4.91. The second-order valence-corrected chi connectivity index (χ2v) is 23.9. The molecular formula is C61H122N2O6P+. The summed E-state index contributed by atoms with van der Waals surface area (Å²) < 4.78 is 23.8. The fraction of sp³-hybridized carbons (Fsp3) is 0.918. The molecule has 0 heterocycles. The molecule has 3 N–H and O–H groups in total. The fourth-order valence-electron chi connectivity index (χ4n) is 9.37. The van der Waals surface area contributed by atoms with E-state index in [9.17, 15) is 19.4 Å². The molecule has 8 nitrogen and oxygen atoms in total. The van der Waals surface area contributed by atoms with Crippen molar-refractivity contribution in [1.29, 1.82) is 0 Å². The molecule has 1 amide bonds. The molecule has 0 aliphatic rings. The van der Waals surface area contributed by atoms with Crippen molar-refractivity contribution in [3.8, 4) is 0 Å². The lowest BCUT2D eigenvalue weighted by Gasteiger charge is -2.26. The molecular weight excluding hydrogens is 888 g/mol. The Hall–Kier alpha value is -1.02. The first kappa shape index (κ1) is 69.0. The number of aliphatic hydroxyl groups excluding tert-OH is 1. The lowest BCUT2D eigenvalue weighted by molar-refractivity contribution is -0.870. The third kappa shape index (κ3) is 54.7. The van der Waals surface area contributed by atoms with Gasteiger partial charge in [-0.2, -0.15) is 0 Å². The first-order valence-corrected chi connectivity index (χ1v) is 32.2. The van der Waals surface area contributed by atoms with Crippen molar-refractivity contribution >= 4 is 13.7 Å². The SMILES string of the molecule is CCCCCC/C=C\C/C=C\CCCCCCCCCC(=O)NC(COP(=O)(O)OCC[N+](C)(C)C)C(O)CCCCCCCCCCCCCCCCCCCCCCCCCCCCCCCC. The van der Waals surface area contributed by atoms with E-state index in [1.165, 1.54) is 231 Å². The van der Waals surface area contributed by atoms with Crippen molar-refractivity contribution in [1.82, 2.24) is 5.32 Å². The molecule has 0 radical (unpaired) electrons. The number of nitrogens with one attached hydrogen (secondary N) is 1. The Labute approximate surface area is 436 Å². The number of hydrogen-bond acceptors (Lipinski definition) is 5. The number of aliphatic hydroxyl groups is 1. The molecule has 0 spiro atoms. The molecule has 416 valence electrons. The Balaban J connectivity index is 4.06. The maximum absolute atomic E-state index is 13.0. The van der Waals surface area contributed by atoms with Gasteiger partial charge in [0.05, 0.1) is 39.9 Å². The fourth-order valence-corrected chi connectivity index (χ4v) is 10.1. The van der Waals surface area contributed by atoms with E-state index in [0.29, 0.717) is 23.9 Å². The zero-order valence-corrected chi connectivity index (χ0v) is 48.4. The Kier molecular flexibility index (Phi) is 52.1. The van der Waals surface area contributed by atoms with E-state index in [1.807, 2.05) is 21.1 Å². The maximum Gasteiger partial charge on any atom is 0.472 e. The molecule has 0 saturated carbocycles. The Morgan fingerprint density at radius 1 is 0.486 bits per heavy atom. The highest BCUT2D eigenvalue weighted by molar-refractivity contribution is 7.47. The number of phosphoric acid groups is 1. The largest absolute Gasteiger partial charge is 0.472 e. The lowest BCUT2D eigenvalue weighted by Crippen LogP contribution is -2.46. The minimum atomic E-state index is -4.33. The third-order valence-electron chi connectivity index (χ3n) is 14.2. The summed E-state index contributed by atoms with van der Waals surface area (Å²) in [7, 11) is 1.62. The summed E-state index contributed by atoms with van der Waals surface area (Å²) >= 11 is 0. The monoisotopic (exact) mass is 1010 g/mol. The molecule has 0 aromatic rings. The highest BCUT2D eigenvalue weighted by atomic mass is 31.2. The van der Waals surface area contributed by atoms with Gasteiger partial charge >= 0.3 is 7.82 Å². The van der Waals surface area contributed by atoms with Crippen LogP contribution in [0.15, 0.2) is 24.3 Å². The summed E-state index contributed by atoms with van der Waals surface area (Å²) in [5, 5.41) is 14.1. The van der Waals surface area contributed by atoms with E-state index in [1.54, 1.807) is 0 Å². The molecule has 0 aromatic heterocycles. The maximum atomic E-state index is 13.0. The quantitative estimate of drug-likeness (QED) is 0.0243. The Morgan fingerprint density at radius 2 is 0.814 bits per heavy atom. The van der Waals surface area contributed by atoms with Crippen LogP contribution in [0, 0.1) is 0 Å².